The quantitative estimate of drug-likeness (QED) is 0.695. The number of amides is 2. The van der Waals surface area contributed by atoms with E-state index in [9.17, 15) is 18.4 Å². The second kappa shape index (κ2) is 7.57. The van der Waals surface area contributed by atoms with E-state index in [0.717, 1.165) is 4.90 Å². The monoisotopic (exact) mass is 396 g/mol. The predicted octanol–water partition coefficient (Wildman–Crippen LogP) is 0.932. The van der Waals surface area contributed by atoms with E-state index in [-0.39, 0.29) is 30.4 Å². The summed E-state index contributed by atoms with van der Waals surface area (Å²) in [7, 11) is 0. The van der Waals surface area contributed by atoms with E-state index < -0.39 is 35.9 Å². The number of nitrogens with two attached hydrogens (primary N) is 2. The Hall–Kier alpha value is -2.36. The van der Waals surface area contributed by atoms with Crippen LogP contribution in [-0.2, 0) is 4.79 Å². The van der Waals surface area contributed by atoms with E-state index in [1.165, 1.54) is 12.4 Å². The molecular formula is C18H26F2N6O2. The number of hydrogen-bond donors (Lipinski definition) is 3. The number of rotatable bonds is 4. The van der Waals surface area contributed by atoms with Crippen LogP contribution in [0.2, 0.25) is 0 Å². The lowest BCUT2D eigenvalue weighted by Crippen LogP contribution is -2.53. The Morgan fingerprint density at radius 1 is 1.25 bits per heavy atom. The zero-order valence-electron chi connectivity index (χ0n) is 15.8. The highest BCUT2D eigenvalue weighted by Gasteiger charge is 2.43. The molecule has 8 nitrogen and oxygen atoms in total. The van der Waals surface area contributed by atoms with Gasteiger partial charge in [-0.25, -0.2) is 18.7 Å². The largest absolute Gasteiger partial charge is 0.382 e. The second-order valence-electron chi connectivity index (χ2n) is 8.03. The third-order valence-corrected chi connectivity index (χ3v) is 5.77. The molecule has 10 heteroatoms. The van der Waals surface area contributed by atoms with Gasteiger partial charge in [0.2, 0.25) is 5.91 Å². The number of halogens is 2. The van der Waals surface area contributed by atoms with Crippen molar-refractivity contribution in [3.05, 3.63) is 18.1 Å². The van der Waals surface area contributed by atoms with Gasteiger partial charge in [0.1, 0.15) is 0 Å². The van der Waals surface area contributed by atoms with Crippen molar-refractivity contribution in [1.29, 1.82) is 0 Å². The van der Waals surface area contributed by atoms with Gasteiger partial charge in [0.05, 0.1) is 12.6 Å². The van der Waals surface area contributed by atoms with Crippen molar-refractivity contribution in [3.8, 4) is 0 Å². The van der Waals surface area contributed by atoms with Gasteiger partial charge >= 0.3 is 0 Å². The van der Waals surface area contributed by atoms with Gasteiger partial charge in [0.15, 0.2) is 11.5 Å². The highest BCUT2D eigenvalue weighted by molar-refractivity contribution is 5.96. The molecule has 1 aliphatic carbocycles. The highest BCUT2D eigenvalue weighted by atomic mass is 19.3. The number of alkyl halides is 2. The molecule has 1 saturated heterocycles. The standard InChI is InChI=1S/C18H26F2N6O2/c1-17(25-15(27)13-14(22)24-8-7-23-13)4-2-11(3-5-17)12(21)16(28)26-9-6-18(19,20)10-26/h7-8,11-12H,2-6,9-10,21H2,1H3,(H2,22,24)(H,25,27)/t11?,12-,17?/m0/s1. The lowest BCUT2D eigenvalue weighted by atomic mass is 9.74. The van der Waals surface area contributed by atoms with Crippen LogP contribution < -0.4 is 16.8 Å². The summed E-state index contributed by atoms with van der Waals surface area (Å²) in [6.07, 6.45) is 4.95. The van der Waals surface area contributed by atoms with Gasteiger partial charge in [-0.1, -0.05) is 0 Å². The average molecular weight is 396 g/mol. The Morgan fingerprint density at radius 3 is 2.46 bits per heavy atom. The Labute approximate surface area is 162 Å². The number of aromatic nitrogens is 2. The second-order valence-corrected chi connectivity index (χ2v) is 8.03. The molecule has 0 aromatic carbocycles. The molecule has 2 amide bonds. The van der Waals surface area contributed by atoms with Crippen LogP contribution in [0.1, 0.15) is 49.5 Å². The third-order valence-electron chi connectivity index (χ3n) is 5.77. The van der Waals surface area contributed by atoms with Gasteiger partial charge in [-0.3, -0.25) is 9.59 Å². The zero-order chi connectivity index (χ0) is 20.5. The van der Waals surface area contributed by atoms with Crippen LogP contribution in [0.5, 0.6) is 0 Å². The lowest BCUT2D eigenvalue weighted by Gasteiger charge is -2.40. The first-order valence-electron chi connectivity index (χ1n) is 9.41. The zero-order valence-corrected chi connectivity index (χ0v) is 15.8. The van der Waals surface area contributed by atoms with Crippen LogP contribution in [0.25, 0.3) is 0 Å². The molecule has 1 atom stereocenters. The summed E-state index contributed by atoms with van der Waals surface area (Å²) in [6.45, 7) is 1.40. The van der Waals surface area contributed by atoms with Crippen molar-refractivity contribution in [3.63, 3.8) is 0 Å². The summed E-state index contributed by atoms with van der Waals surface area (Å²) >= 11 is 0. The van der Waals surface area contributed by atoms with E-state index in [1.54, 1.807) is 0 Å². The number of nitrogens with one attached hydrogen (secondary N) is 1. The summed E-state index contributed by atoms with van der Waals surface area (Å²) in [5, 5.41) is 2.95. The molecule has 0 unspecified atom stereocenters. The van der Waals surface area contributed by atoms with Gasteiger partial charge in [-0.2, -0.15) is 0 Å². The first kappa shape index (κ1) is 20.4. The van der Waals surface area contributed by atoms with Gasteiger partial charge in [0.25, 0.3) is 11.8 Å². The molecule has 0 spiro atoms. The van der Waals surface area contributed by atoms with E-state index >= 15 is 0 Å². The van der Waals surface area contributed by atoms with Gasteiger partial charge in [-0.15, -0.1) is 0 Å². The number of nitrogens with zero attached hydrogens (tertiary/aromatic N) is 3. The van der Waals surface area contributed by atoms with E-state index in [1.807, 2.05) is 6.92 Å². The molecule has 1 saturated carbocycles. The first-order chi connectivity index (χ1) is 13.1. The first-order valence-corrected chi connectivity index (χ1v) is 9.41. The third kappa shape index (κ3) is 4.37. The maximum Gasteiger partial charge on any atom is 0.274 e. The number of hydrogen-bond acceptors (Lipinski definition) is 6. The molecule has 154 valence electrons. The van der Waals surface area contributed by atoms with E-state index in [4.69, 9.17) is 11.5 Å². The molecule has 2 aliphatic rings. The minimum absolute atomic E-state index is 0.0412. The van der Waals surface area contributed by atoms with Crippen molar-refractivity contribution in [2.45, 2.75) is 56.5 Å². The van der Waals surface area contributed by atoms with Crippen molar-refractivity contribution in [2.75, 3.05) is 18.8 Å². The summed E-state index contributed by atoms with van der Waals surface area (Å²) in [5.74, 6) is -3.68. The predicted molar refractivity (Wildman–Crippen MR) is 98.4 cm³/mol. The summed E-state index contributed by atoms with van der Waals surface area (Å²) in [5.41, 5.74) is 11.4. The minimum atomic E-state index is -2.83. The molecule has 5 N–H and O–H groups in total. The van der Waals surface area contributed by atoms with E-state index in [0.29, 0.717) is 25.7 Å². The topological polar surface area (TPSA) is 127 Å². The van der Waals surface area contributed by atoms with E-state index in [2.05, 4.69) is 15.3 Å². The summed E-state index contributed by atoms with van der Waals surface area (Å²) < 4.78 is 26.7. The number of nitrogen functional groups attached to an aromatic ring is 1. The van der Waals surface area contributed by atoms with Crippen LogP contribution in [0, 0.1) is 5.92 Å². The van der Waals surface area contributed by atoms with Crippen molar-refractivity contribution in [1.82, 2.24) is 20.2 Å². The molecule has 28 heavy (non-hydrogen) atoms. The van der Waals surface area contributed by atoms with Crippen molar-refractivity contribution < 1.29 is 18.4 Å². The lowest BCUT2D eigenvalue weighted by molar-refractivity contribution is -0.134. The Kier molecular flexibility index (Phi) is 5.51. The number of anilines is 1. The average Bonchev–Trinajstić information content (AvgIpc) is 3.01. The Morgan fingerprint density at radius 2 is 1.89 bits per heavy atom. The molecule has 0 bridgehead atoms. The fraction of sp³-hybridized carbons (Fsp3) is 0.667. The SMILES string of the molecule is CC1(NC(=O)c2nccnc2N)CCC([C@H](N)C(=O)N2CCC(F)(F)C2)CC1. The van der Waals surface area contributed by atoms with Crippen LogP contribution >= 0.6 is 0 Å². The molecule has 2 fully saturated rings. The van der Waals surface area contributed by atoms with Crippen LogP contribution in [0.4, 0.5) is 14.6 Å². The van der Waals surface area contributed by atoms with Crippen LogP contribution in [0.15, 0.2) is 12.4 Å². The van der Waals surface area contributed by atoms with Gasteiger partial charge in [-0.05, 0) is 38.5 Å². The Bertz CT molecular complexity index is 751. The molecular weight excluding hydrogens is 370 g/mol. The molecule has 1 aromatic heterocycles. The fourth-order valence-corrected chi connectivity index (χ4v) is 3.95. The molecule has 1 aliphatic heterocycles. The number of likely N-dealkylation sites (tertiary alicyclic amines) is 1. The molecule has 1 aromatic rings. The number of carbonyl (C=O) groups excluding carboxylic acids is 2. The fourth-order valence-electron chi connectivity index (χ4n) is 3.95. The van der Waals surface area contributed by atoms with Crippen LogP contribution in [-0.4, -0.2) is 57.3 Å². The highest BCUT2D eigenvalue weighted by Crippen LogP contribution is 2.35. The van der Waals surface area contributed by atoms with Gasteiger partial charge in [0, 0.05) is 30.9 Å². The van der Waals surface area contributed by atoms with Crippen molar-refractivity contribution in [2.24, 2.45) is 11.7 Å². The molecule has 0 radical (unpaired) electrons. The maximum absolute atomic E-state index is 13.4. The smallest absolute Gasteiger partial charge is 0.274 e. The van der Waals surface area contributed by atoms with Crippen LogP contribution in [0.3, 0.4) is 0 Å². The van der Waals surface area contributed by atoms with Gasteiger partial charge < -0.3 is 21.7 Å². The Balaban J connectivity index is 1.55. The molecule has 3 rings (SSSR count). The van der Waals surface area contributed by atoms with Crippen molar-refractivity contribution >= 4 is 17.6 Å². The summed E-state index contributed by atoms with van der Waals surface area (Å²) in [6, 6.07) is -0.801. The minimum Gasteiger partial charge on any atom is -0.382 e. The summed E-state index contributed by atoms with van der Waals surface area (Å²) in [4.78, 5) is 33.9. The normalized spacial score (nSPS) is 28.0. The maximum atomic E-state index is 13.4. The molecule has 2 heterocycles. The number of carbonyl (C=O) groups is 2.